The number of hydrogen-bond acceptors (Lipinski definition) is 4. The Labute approximate surface area is 83.9 Å². The van der Waals surface area contributed by atoms with Crippen LogP contribution in [0.15, 0.2) is 0 Å². The predicted molar refractivity (Wildman–Crippen MR) is 51.5 cm³/mol. The highest BCUT2D eigenvalue weighted by atomic mass is 16.6. The molecule has 1 fully saturated rings. The molecule has 0 atom stereocenters. The summed E-state index contributed by atoms with van der Waals surface area (Å²) in [6, 6.07) is 0. The van der Waals surface area contributed by atoms with Crippen LogP contribution >= 0.6 is 0 Å². The fraction of sp³-hybridized carbons (Fsp3) is 0.889. The third-order valence-electron chi connectivity index (χ3n) is 1.98. The van der Waals surface area contributed by atoms with Gasteiger partial charge < -0.3 is 14.9 Å². The molecule has 0 saturated heterocycles. The van der Waals surface area contributed by atoms with Crippen molar-refractivity contribution in [2.24, 2.45) is 5.90 Å². The maximum atomic E-state index is 11.4. The van der Waals surface area contributed by atoms with Crippen LogP contribution in [0.4, 0.5) is 4.79 Å². The molecule has 0 aliphatic heterocycles. The topological polar surface area (TPSA) is 73.6 Å². The summed E-state index contributed by atoms with van der Waals surface area (Å²) in [6.07, 6.45) is 1.37. The molecule has 5 nitrogen and oxygen atoms in total. The number of carbonyl (C=O) groups excluding carboxylic acids is 1. The summed E-state index contributed by atoms with van der Waals surface area (Å²) >= 11 is 0. The van der Waals surface area contributed by atoms with Crippen molar-refractivity contribution in [2.75, 3.05) is 6.61 Å². The lowest BCUT2D eigenvalue weighted by atomic mass is 10.2. The second-order valence-corrected chi connectivity index (χ2v) is 4.72. The summed E-state index contributed by atoms with van der Waals surface area (Å²) in [5.41, 5.74) is -0.749. The molecule has 0 aromatic carbocycles. The van der Waals surface area contributed by atoms with E-state index in [0.29, 0.717) is 6.61 Å². The van der Waals surface area contributed by atoms with E-state index in [1.54, 1.807) is 0 Å². The second-order valence-electron chi connectivity index (χ2n) is 4.72. The molecule has 0 heterocycles. The first-order valence-electron chi connectivity index (χ1n) is 4.70. The molecule has 1 aliphatic carbocycles. The first-order chi connectivity index (χ1) is 6.37. The molecule has 1 saturated carbocycles. The molecular formula is C9H18N2O3. The number of nitrogens with two attached hydrogens (primary N) is 1. The minimum atomic E-state index is -0.469. The Bertz CT molecular complexity index is 219. The highest BCUT2D eigenvalue weighted by Crippen LogP contribution is 2.35. The third kappa shape index (κ3) is 3.51. The molecule has 0 spiro atoms. The zero-order valence-corrected chi connectivity index (χ0v) is 8.92. The quantitative estimate of drug-likeness (QED) is 0.668. The van der Waals surface area contributed by atoms with Crippen LogP contribution in [-0.2, 0) is 9.57 Å². The van der Waals surface area contributed by atoms with E-state index in [9.17, 15) is 4.79 Å². The van der Waals surface area contributed by atoms with Crippen molar-refractivity contribution in [3.63, 3.8) is 0 Å². The van der Waals surface area contributed by atoms with Gasteiger partial charge in [0.15, 0.2) is 0 Å². The van der Waals surface area contributed by atoms with E-state index in [0.717, 1.165) is 12.8 Å². The highest BCUT2D eigenvalue weighted by Gasteiger charge is 2.45. The van der Waals surface area contributed by atoms with Gasteiger partial charge in [-0.25, -0.2) is 10.7 Å². The van der Waals surface area contributed by atoms with E-state index in [2.05, 4.69) is 10.2 Å². The maximum absolute atomic E-state index is 11.4. The lowest BCUT2D eigenvalue weighted by Gasteiger charge is -2.22. The molecule has 82 valence electrons. The second kappa shape index (κ2) is 3.74. The van der Waals surface area contributed by atoms with Crippen molar-refractivity contribution in [3.05, 3.63) is 0 Å². The van der Waals surface area contributed by atoms with Gasteiger partial charge in [-0.2, -0.15) is 0 Å². The molecule has 1 aliphatic rings. The first-order valence-corrected chi connectivity index (χ1v) is 4.70. The summed E-state index contributed by atoms with van der Waals surface area (Å²) in [5, 5.41) is 2.76. The van der Waals surface area contributed by atoms with Crippen molar-refractivity contribution in [1.29, 1.82) is 0 Å². The van der Waals surface area contributed by atoms with E-state index in [1.165, 1.54) is 0 Å². The fourth-order valence-corrected chi connectivity index (χ4v) is 1.14. The van der Waals surface area contributed by atoms with Gasteiger partial charge in [0.1, 0.15) is 5.60 Å². The zero-order chi connectivity index (χ0) is 10.8. The predicted octanol–water partition coefficient (Wildman–Crippen LogP) is 0.934. The minimum absolute atomic E-state index is 0.281. The van der Waals surface area contributed by atoms with Crippen LogP contribution in [0.25, 0.3) is 0 Å². The molecule has 0 aromatic rings. The van der Waals surface area contributed by atoms with Crippen molar-refractivity contribution in [3.8, 4) is 0 Å². The monoisotopic (exact) mass is 202 g/mol. The fourth-order valence-electron chi connectivity index (χ4n) is 1.14. The van der Waals surface area contributed by atoms with Gasteiger partial charge in [-0.3, -0.25) is 0 Å². The van der Waals surface area contributed by atoms with Crippen molar-refractivity contribution in [1.82, 2.24) is 5.32 Å². The normalized spacial score (nSPS) is 18.9. The third-order valence-corrected chi connectivity index (χ3v) is 1.98. The van der Waals surface area contributed by atoms with Crippen LogP contribution in [0.2, 0.25) is 0 Å². The average molecular weight is 202 g/mol. The Morgan fingerprint density at radius 3 is 2.43 bits per heavy atom. The largest absolute Gasteiger partial charge is 0.444 e. The van der Waals surface area contributed by atoms with Gasteiger partial charge in [-0.05, 0) is 33.6 Å². The number of carbonyl (C=O) groups is 1. The molecule has 0 unspecified atom stereocenters. The van der Waals surface area contributed by atoms with Gasteiger partial charge >= 0.3 is 6.09 Å². The Kier molecular flexibility index (Phi) is 3.01. The van der Waals surface area contributed by atoms with Crippen LogP contribution in [0, 0.1) is 0 Å². The summed E-state index contributed by atoms with van der Waals surface area (Å²) in [6.45, 7) is 5.81. The number of ether oxygens (including phenoxy) is 1. The van der Waals surface area contributed by atoms with E-state index in [4.69, 9.17) is 10.6 Å². The van der Waals surface area contributed by atoms with Gasteiger partial charge in [0.25, 0.3) is 0 Å². The number of amides is 1. The number of nitrogens with one attached hydrogen (secondary N) is 1. The van der Waals surface area contributed by atoms with E-state index in [-0.39, 0.29) is 5.54 Å². The van der Waals surface area contributed by atoms with E-state index < -0.39 is 11.7 Å². The van der Waals surface area contributed by atoms with Gasteiger partial charge in [-0.15, -0.1) is 0 Å². The maximum Gasteiger partial charge on any atom is 0.408 e. The minimum Gasteiger partial charge on any atom is -0.444 e. The lowest BCUT2D eigenvalue weighted by Crippen LogP contribution is -2.43. The average Bonchev–Trinajstić information content (AvgIpc) is 2.64. The van der Waals surface area contributed by atoms with Crippen LogP contribution in [0.5, 0.6) is 0 Å². The van der Waals surface area contributed by atoms with E-state index >= 15 is 0 Å². The zero-order valence-electron chi connectivity index (χ0n) is 8.92. The molecular weight excluding hydrogens is 184 g/mol. The van der Waals surface area contributed by atoms with Crippen molar-refractivity contribution in [2.45, 2.75) is 44.8 Å². The van der Waals surface area contributed by atoms with Crippen molar-refractivity contribution >= 4 is 6.09 Å². The van der Waals surface area contributed by atoms with Crippen LogP contribution in [0.1, 0.15) is 33.6 Å². The van der Waals surface area contributed by atoms with Gasteiger partial charge in [0, 0.05) is 0 Å². The Morgan fingerprint density at radius 1 is 1.50 bits per heavy atom. The van der Waals surface area contributed by atoms with E-state index in [1.807, 2.05) is 20.8 Å². The Morgan fingerprint density at radius 2 is 2.07 bits per heavy atom. The highest BCUT2D eigenvalue weighted by molar-refractivity contribution is 5.69. The van der Waals surface area contributed by atoms with Crippen LogP contribution < -0.4 is 11.2 Å². The number of hydrogen-bond donors (Lipinski definition) is 2. The Hall–Kier alpha value is -0.810. The molecule has 0 radical (unpaired) electrons. The summed E-state index contributed by atoms with van der Waals surface area (Å²) in [5.74, 6) is 4.97. The summed E-state index contributed by atoms with van der Waals surface area (Å²) in [4.78, 5) is 15.9. The van der Waals surface area contributed by atoms with Gasteiger partial charge in [-0.1, -0.05) is 0 Å². The number of rotatable bonds is 3. The molecule has 0 bridgehead atoms. The smallest absolute Gasteiger partial charge is 0.408 e. The SMILES string of the molecule is CC(C)(C)OC(=O)NC1(CON)CC1. The summed E-state index contributed by atoms with van der Waals surface area (Å²) < 4.78 is 5.11. The summed E-state index contributed by atoms with van der Waals surface area (Å²) in [7, 11) is 0. The number of alkyl carbamates (subject to hydrolysis) is 1. The van der Waals surface area contributed by atoms with Crippen LogP contribution in [0.3, 0.4) is 0 Å². The molecule has 0 aromatic heterocycles. The van der Waals surface area contributed by atoms with Crippen LogP contribution in [-0.4, -0.2) is 23.8 Å². The molecule has 3 N–H and O–H groups in total. The molecule has 1 rings (SSSR count). The van der Waals surface area contributed by atoms with Gasteiger partial charge in [0.2, 0.25) is 0 Å². The molecule has 5 heteroatoms. The molecule has 14 heavy (non-hydrogen) atoms. The Balaban J connectivity index is 2.34. The first kappa shape index (κ1) is 11.3. The standard InChI is InChI=1S/C9H18N2O3/c1-8(2,3)14-7(12)11-9(4-5-9)6-13-10/h4-6,10H2,1-3H3,(H,11,12). The lowest BCUT2D eigenvalue weighted by molar-refractivity contribution is 0.0421. The van der Waals surface area contributed by atoms with Gasteiger partial charge in [0.05, 0.1) is 12.1 Å². The van der Waals surface area contributed by atoms with Crippen molar-refractivity contribution < 1.29 is 14.4 Å². The molecule has 1 amide bonds.